The Bertz CT molecular complexity index is 551. The lowest BCUT2D eigenvalue weighted by Crippen LogP contribution is -2.24. The monoisotopic (exact) mass is 389 g/mol. The maximum Gasteiger partial charge on any atom is 0.332 e. The molecule has 1 unspecified atom stereocenters. The highest BCUT2D eigenvalue weighted by Crippen LogP contribution is 2.48. The van der Waals surface area contributed by atoms with Crippen molar-refractivity contribution in [3.05, 3.63) is 29.8 Å². The number of halogens is 1. The predicted molar refractivity (Wildman–Crippen MR) is 105 cm³/mol. The fourth-order valence-electron chi connectivity index (χ4n) is 2.29. The summed E-state index contributed by atoms with van der Waals surface area (Å²) in [5.74, 6) is -0.314. The quantitative estimate of drug-likeness (QED) is 0.461. The van der Waals surface area contributed by atoms with Gasteiger partial charge in [0.25, 0.3) is 0 Å². The van der Waals surface area contributed by atoms with E-state index in [4.69, 9.17) is 9.47 Å². The number of ether oxygens (including phenoxy) is 2. The maximum absolute atomic E-state index is 13.2. The van der Waals surface area contributed by atoms with E-state index in [1.165, 1.54) is 0 Å². The van der Waals surface area contributed by atoms with Gasteiger partial charge in [0, 0.05) is 17.4 Å². The van der Waals surface area contributed by atoms with Crippen LogP contribution in [0.4, 0.5) is 4.39 Å². The molecule has 0 saturated carbocycles. The smallest absolute Gasteiger partial charge is 0.332 e. The highest BCUT2D eigenvalue weighted by Gasteiger charge is 2.24. The predicted octanol–water partition coefficient (Wildman–Crippen LogP) is 3.74. The summed E-state index contributed by atoms with van der Waals surface area (Å²) >= 11 is 0. The fourth-order valence-corrected chi connectivity index (χ4v) is 3.34. The average molecular weight is 390 g/mol. The number of benzene rings is 1. The summed E-state index contributed by atoms with van der Waals surface area (Å²) in [4.78, 5) is 14.9. The molecule has 5 nitrogen and oxygen atoms in total. The Balaban J connectivity index is 2.76. The van der Waals surface area contributed by atoms with Crippen molar-refractivity contribution >= 4 is 16.3 Å². The molecular weight excluding hydrogens is 357 g/mol. The molecular formula is C19H32FNO4S. The first-order valence-electron chi connectivity index (χ1n) is 8.77. The summed E-state index contributed by atoms with van der Waals surface area (Å²) in [5, 5.41) is 0. The van der Waals surface area contributed by atoms with Gasteiger partial charge in [-0.05, 0) is 43.8 Å². The van der Waals surface area contributed by atoms with Gasteiger partial charge in [-0.2, -0.15) is 0 Å². The van der Waals surface area contributed by atoms with Crippen LogP contribution in [0.2, 0.25) is 0 Å². The molecule has 7 heteroatoms. The van der Waals surface area contributed by atoms with Crippen LogP contribution in [0, 0.1) is 5.92 Å². The molecule has 0 bridgehead atoms. The molecule has 0 aliphatic rings. The van der Waals surface area contributed by atoms with Crippen molar-refractivity contribution in [1.29, 1.82) is 0 Å². The molecule has 0 spiro atoms. The molecule has 0 aliphatic heterocycles. The third-order valence-electron chi connectivity index (χ3n) is 4.20. The number of hydrogen-bond donors (Lipinski definition) is 1. The van der Waals surface area contributed by atoms with Crippen molar-refractivity contribution in [2.45, 2.75) is 24.8 Å². The molecule has 1 rings (SSSR count). The molecule has 150 valence electrons. The molecule has 3 atom stereocenters. The van der Waals surface area contributed by atoms with Gasteiger partial charge in [-0.3, -0.25) is 4.39 Å². The van der Waals surface area contributed by atoms with E-state index >= 15 is 0 Å². The Labute approximate surface area is 158 Å². The molecule has 0 amide bonds. The Morgan fingerprint density at radius 1 is 1.31 bits per heavy atom. The van der Waals surface area contributed by atoms with Gasteiger partial charge < -0.3 is 18.9 Å². The number of carbonyl (C=O) groups is 1. The van der Waals surface area contributed by atoms with Crippen LogP contribution >= 0.6 is 10.3 Å². The molecule has 0 heterocycles. The zero-order chi connectivity index (χ0) is 19.7. The van der Waals surface area contributed by atoms with Crippen molar-refractivity contribution < 1.29 is 23.2 Å². The third kappa shape index (κ3) is 7.23. The lowest BCUT2D eigenvalue weighted by atomic mass is 9.98. The minimum Gasteiger partial charge on any atom is -0.455 e. The van der Waals surface area contributed by atoms with Crippen LogP contribution in [-0.4, -0.2) is 68.0 Å². The number of alkyl halides is 1. The van der Waals surface area contributed by atoms with Crippen LogP contribution in [0.3, 0.4) is 0 Å². The summed E-state index contributed by atoms with van der Waals surface area (Å²) in [6.07, 6.45) is 1.15. The van der Waals surface area contributed by atoms with E-state index in [9.17, 15) is 13.7 Å². The lowest BCUT2D eigenvalue weighted by Gasteiger charge is -2.29. The average Bonchev–Trinajstić information content (AvgIpc) is 2.62. The van der Waals surface area contributed by atoms with E-state index in [0.717, 1.165) is 4.90 Å². The largest absolute Gasteiger partial charge is 0.455 e. The summed E-state index contributed by atoms with van der Waals surface area (Å²) < 4.78 is 34.4. The molecule has 0 radical (unpaired) electrons. The number of esters is 1. The first-order chi connectivity index (χ1) is 12.2. The topological polar surface area (TPSA) is 59.0 Å². The number of carbonyl (C=O) groups excluding carboxylic acids is 1. The van der Waals surface area contributed by atoms with E-state index < -0.39 is 35.0 Å². The Hall–Kier alpha value is -1.15. The summed E-state index contributed by atoms with van der Waals surface area (Å²) in [6, 6.07) is 7.24. The first kappa shape index (κ1) is 22.9. The normalized spacial score (nSPS) is 17.4. The fraction of sp³-hybridized carbons (Fsp3) is 0.632. The number of nitrogens with zero attached hydrogens (tertiary/aromatic N) is 1. The summed E-state index contributed by atoms with van der Waals surface area (Å²) in [7, 11) is 2.02. The van der Waals surface area contributed by atoms with Gasteiger partial charge in [0.2, 0.25) is 0 Å². The Kier molecular flexibility index (Phi) is 9.57. The van der Waals surface area contributed by atoms with Gasteiger partial charge in [0.15, 0.2) is 0 Å². The Morgan fingerprint density at radius 3 is 2.42 bits per heavy atom. The third-order valence-corrected chi connectivity index (χ3v) is 6.61. The lowest BCUT2D eigenvalue weighted by molar-refractivity contribution is -0.158. The van der Waals surface area contributed by atoms with Crippen LogP contribution in [0.5, 0.6) is 0 Å². The van der Waals surface area contributed by atoms with Gasteiger partial charge in [-0.1, -0.05) is 26.0 Å². The van der Waals surface area contributed by atoms with E-state index in [1.54, 1.807) is 19.1 Å². The maximum atomic E-state index is 13.2. The second-order valence-electron chi connectivity index (χ2n) is 6.80. The molecule has 0 fully saturated rings. The SMILES string of the molecule is CCS(C)(O)c1ccc([C@@H](OC(=O)COCCN(C)C)[C@H](C)CF)cc1. The van der Waals surface area contributed by atoms with E-state index in [1.807, 2.05) is 44.3 Å². The first-order valence-corrected chi connectivity index (χ1v) is 10.9. The number of likely N-dealkylation sites (N-methyl/N-ethyl adjacent to an activating group) is 1. The molecule has 1 aromatic rings. The highest BCUT2D eigenvalue weighted by molar-refractivity contribution is 8.28. The minimum absolute atomic E-state index is 0.157. The van der Waals surface area contributed by atoms with Crippen molar-refractivity contribution in [2.24, 2.45) is 5.92 Å². The standard InChI is InChI=1S/C19H32FNO4S/c1-6-26(5,23)17-9-7-16(8-10-17)19(15(2)13-20)25-18(22)14-24-12-11-21(3)4/h7-10,15,19,23H,6,11-14H2,1-5H3/t15-,19+/m1/s1. The van der Waals surface area contributed by atoms with Crippen LogP contribution in [0.25, 0.3) is 0 Å². The second-order valence-corrected chi connectivity index (χ2v) is 9.92. The molecule has 0 aliphatic carbocycles. The summed E-state index contributed by atoms with van der Waals surface area (Å²) in [6.45, 7) is 4.02. The van der Waals surface area contributed by atoms with Crippen LogP contribution in [0.15, 0.2) is 29.2 Å². The number of rotatable bonds is 11. The van der Waals surface area contributed by atoms with Crippen molar-refractivity contribution in [3.8, 4) is 0 Å². The van der Waals surface area contributed by atoms with E-state index in [2.05, 4.69) is 0 Å². The van der Waals surface area contributed by atoms with Gasteiger partial charge in [-0.15, -0.1) is 10.3 Å². The van der Waals surface area contributed by atoms with Crippen molar-refractivity contribution in [3.63, 3.8) is 0 Å². The molecule has 1 N–H and O–H groups in total. The van der Waals surface area contributed by atoms with E-state index in [0.29, 0.717) is 24.5 Å². The Morgan fingerprint density at radius 2 is 1.92 bits per heavy atom. The molecule has 0 aromatic heterocycles. The van der Waals surface area contributed by atoms with Crippen molar-refractivity contribution in [1.82, 2.24) is 4.90 Å². The zero-order valence-electron chi connectivity index (χ0n) is 16.4. The van der Waals surface area contributed by atoms with Gasteiger partial charge >= 0.3 is 5.97 Å². The van der Waals surface area contributed by atoms with Gasteiger partial charge in [0.1, 0.15) is 12.7 Å². The van der Waals surface area contributed by atoms with Crippen LogP contribution in [0.1, 0.15) is 25.5 Å². The number of hydrogen-bond acceptors (Lipinski definition) is 5. The van der Waals surface area contributed by atoms with Crippen molar-refractivity contribution in [2.75, 3.05) is 52.5 Å². The highest BCUT2D eigenvalue weighted by atomic mass is 32.3. The van der Waals surface area contributed by atoms with Crippen LogP contribution in [-0.2, 0) is 14.3 Å². The van der Waals surface area contributed by atoms with Gasteiger partial charge in [-0.25, -0.2) is 4.79 Å². The minimum atomic E-state index is -1.82. The van der Waals surface area contributed by atoms with Gasteiger partial charge in [0.05, 0.1) is 13.3 Å². The molecule has 1 aromatic carbocycles. The molecule has 0 saturated heterocycles. The zero-order valence-corrected chi connectivity index (χ0v) is 17.2. The second kappa shape index (κ2) is 10.9. The van der Waals surface area contributed by atoms with E-state index in [-0.39, 0.29) is 6.61 Å². The molecule has 26 heavy (non-hydrogen) atoms. The van der Waals surface area contributed by atoms with Crippen LogP contribution < -0.4 is 0 Å². The summed E-state index contributed by atoms with van der Waals surface area (Å²) in [5.41, 5.74) is 0.715.